The van der Waals surface area contributed by atoms with Crippen LogP contribution in [0.4, 0.5) is 10.2 Å². The van der Waals surface area contributed by atoms with Gasteiger partial charge in [0.1, 0.15) is 11.6 Å². The number of halogens is 1. The molecule has 0 saturated carbocycles. The number of nitrogens with one attached hydrogen (secondary N) is 3. The van der Waals surface area contributed by atoms with Crippen LogP contribution in [0.25, 0.3) is 0 Å². The highest BCUT2D eigenvalue weighted by molar-refractivity contribution is 6.03. The highest BCUT2D eigenvalue weighted by atomic mass is 19.1. The van der Waals surface area contributed by atoms with Crippen molar-refractivity contribution in [3.63, 3.8) is 0 Å². The zero-order chi connectivity index (χ0) is 21.8. The Bertz CT molecular complexity index is 876. The number of hydrogen-bond acceptors (Lipinski definition) is 5. The van der Waals surface area contributed by atoms with Gasteiger partial charge in [-0.05, 0) is 49.8 Å². The average Bonchev–Trinajstić information content (AvgIpc) is 3.37. The molecule has 3 heterocycles. The van der Waals surface area contributed by atoms with Crippen molar-refractivity contribution < 1.29 is 9.18 Å². The molecule has 0 aliphatic carbocycles. The number of carbonyl (C=O) groups is 1. The summed E-state index contributed by atoms with van der Waals surface area (Å²) < 4.78 is 15.3. The summed E-state index contributed by atoms with van der Waals surface area (Å²) in [6.07, 6.45) is 6.05. The van der Waals surface area contributed by atoms with Gasteiger partial charge in [0.15, 0.2) is 0 Å². The molecule has 2 unspecified atom stereocenters. The highest BCUT2D eigenvalue weighted by Gasteiger charge is 2.29. The number of rotatable bonds is 7. The average molecular weight is 429 g/mol. The van der Waals surface area contributed by atoms with Gasteiger partial charge >= 0.3 is 0 Å². The van der Waals surface area contributed by atoms with Crippen molar-refractivity contribution in [3.05, 3.63) is 47.9 Å². The van der Waals surface area contributed by atoms with Crippen molar-refractivity contribution >= 4 is 11.7 Å². The number of anilines is 1. The maximum atomic E-state index is 13.4. The summed E-state index contributed by atoms with van der Waals surface area (Å²) in [5, 5.41) is 7.34. The second-order valence-electron chi connectivity index (χ2n) is 9.21. The Morgan fingerprint density at radius 1 is 1.23 bits per heavy atom. The fraction of sp³-hybridized carbons (Fsp3) is 0.565. The van der Waals surface area contributed by atoms with Gasteiger partial charge in [-0.2, -0.15) is 5.10 Å². The van der Waals surface area contributed by atoms with Gasteiger partial charge in [-0.1, -0.05) is 19.9 Å². The number of hydrogen-bond donors (Lipinski definition) is 3. The lowest BCUT2D eigenvalue weighted by molar-refractivity contribution is 0.102. The Balaban J connectivity index is 1.28. The van der Waals surface area contributed by atoms with Crippen LogP contribution in [0.3, 0.4) is 0 Å². The van der Waals surface area contributed by atoms with Gasteiger partial charge in [0, 0.05) is 43.3 Å². The van der Waals surface area contributed by atoms with E-state index >= 15 is 0 Å². The van der Waals surface area contributed by atoms with Gasteiger partial charge in [-0.3, -0.25) is 15.6 Å². The van der Waals surface area contributed by atoms with Crippen LogP contribution in [0.1, 0.15) is 55.9 Å². The number of likely N-dealkylation sites (tertiary alicyclic amines) is 1. The minimum absolute atomic E-state index is 0.248. The van der Waals surface area contributed by atoms with Crippen LogP contribution in [-0.4, -0.2) is 52.3 Å². The lowest BCUT2D eigenvalue weighted by Crippen LogP contribution is -2.44. The summed E-state index contributed by atoms with van der Waals surface area (Å²) in [6.45, 7) is 7.61. The molecule has 0 bridgehead atoms. The fourth-order valence-electron chi connectivity index (χ4n) is 4.72. The van der Waals surface area contributed by atoms with E-state index in [0.717, 1.165) is 32.5 Å². The van der Waals surface area contributed by atoms with E-state index in [1.165, 1.54) is 31.0 Å². The van der Waals surface area contributed by atoms with Gasteiger partial charge in [0.25, 0.3) is 5.91 Å². The Hall–Kier alpha value is -2.29. The normalized spacial score (nSPS) is 22.8. The molecule has 1 aromatic carbocycles. The SMILES string of the molecule is CC(C)CC1CC(CN2CCC(n3nccc3NC(=O)c3cccc(F)c3)CC2)NN1. The summed E-state index contributed by atoms with van der Waals surface area (Å²) >= 11 is 0. The smallest absolute Gasteiger partial charge is 0.256 e. The van der Waals surface area contributed by atoms with Crippen LogP contribution in [0.5, 0.6) is 0 Å². The van der Waals surface area contributed by atoms with E-state index < -0.39 is 5.82 Å². The fourth-order valence-corrected chi connectivity index (χ4v) is 4.72. The summed E-state index contributed by atoms with van der Waals surface area (Å²) in [5.41, 5.74) is 7.21. The molecule has 3 N–H and O–H groups in total. The van der Waals surface area contributed by atoms with E-state index in [1.54, 1.807) is 18.3 Å². The predicted octanol–water partition coefficient (Wildman–Crippen LogP) is 3.19. The molecular formula is C23H33FN6O. The molecule has 4 rings (SSSR count). The van der Waals surface area contributed by atoms with E-state index in [9.17, 15) is 9.18 Å². The number of amides is 1. The molecular weight excluding hydrogens is 395 g/mol. The first-order valence-electron chi connectivity index (χ1n) is 11.3. The molecule has 2 aromatic rings. The first-order chi connectivity index (χ1) is 15.0. The molecule has 7 nitrogen and oxygen atoms in total. The predicted molar refractivity (Wildman–Crippen MR) is 119 cm³/mol. The molecule has 2 aliphatic heterocycles. The lowest BCUT2D eigenvalue weighted by atomic mass is 9.99. The van der Waals surface area contributed by atoms with Crippen LogP contribution in [0.2, 0.25) is 0 Å². The molecule has 1 aromatic heterocycles. The second-order valence-corrected chi connectivity index (χ2v) is 9.21. The zero-order valence-corrected chi connectivity index (χ0v) is 18.4. The van der Waals surface area contributed by atoms with E-state index in [4.69, 9.17) is 0 Å². The standard InChI is InChI=1S/C23H33FN6O/c1-16(2)12-19-14-20(28-27-19)15-29-10-7-21(8-11-29)30-22(6-9-25-30)26-23(31)17-4-3-5-18(24)13-17/h3-6,9,13,16,19-21,27-28H,7-8,10-12,14-15H2,1-2H3,(H,26,31). The Morgan fingerprint density at radius 2 is 2.00 bits per heavy atom. The minimum atomic E-state index is -0.420. The van der Waals surface area contributed by atoms with Crippen molar-refractivity contribution in [3.8, 4) is 0 Å². The van der Waals surface area contributed by atoms with Crippen molar-refractivity contribution in [2.24, 2.45) is 5.92 Å². The second kappa shape index (κ2) is 9.89. The van der Waals surface area contributed by atoms with Gasteiger partial charge in [0.2, 0.25) is 0 Å². The van der Waals surface area contributed by atoms with Crippen molar-refractivity contribution in [1.82, 2.24) is 25.5 Å². The first kappa shape index (κ1) is 21.9. The number of benzene rings is 1. The molecule has 2 fully saturated rings. The molecule has 0 radical (unpaired) electrons. The van der Waals surface area contributed by atoms with Crippen LogP contribution >= 0.6 is 0 Å². The van der Waals surface area contributed by atoms with E-state index in [2.05, 4.69) is 40.0 Å². The van der Waals surface area contributed by atoms with Gasteiger partial charge < -0.3 is 10.2 Å². The molecule has 31 heavy (non-hydrogen) atoms. The number of hydrazine groups is 1. The third-order valence-corrected chi connectivity index (χ3v) is 6.20. The maximum absolute atomic E-state index is 13.4. The number of aromatic nitrogens is 2. The molecule has 8 heteroatoms. The van der Waals surface area contributed by atoms with E-state index in [0.29, 0.717) is 29.4 Å². The maximum Gasteiger partial charge on any atom is 0.256 e. The van der Waals surface area contributed by atoms with Crippen LogP contribution < -0.4 is 16.2 Å². The molecule has 2 aliphatic rings. The van der Waals surface area contributed by atoms with Gasteiger partial charge in [-0.15, -0.1) is 0 Å². The third kappa shape index (κ3) is 5.70. The van der Waals surface area contributed by atoms with Crippen LogP contribution in [0.15, 0.2) is 36.5 Å². The Labute approximate surface area is 183 Å². The molecule has 0 spiro atoms. The lowest BCUT2D eigenvalue weighted by Gasteiger charge is -2.34. The zero-order valence-electron chi connectivity index (χ0n) is 18.4. The number of piperidine rings is 1. The number of carbonyl (C=O) groups excluding carboxylic acids is 1. The first-order valence-corrected chi connectivity index (χ1v) is 11.3. The molecule has 168 valence electrons. The summed E-state index contributed by atoms with van der Waals surface area (Å²) in [5.74, 6) is 0.620. The quantitative estimate of drug-likeness (QED) is 0.632. The van der Waals surface area contributed by atoms with Crippen molar-refractivity contribution in [1.29, 1.82) is 0 Å². The van der Waals surface area contributed by atoms with Crippen LogP contribution in [-0.2, 0) is 0 Å². The highest BCUT2D eigenvalue weighted by Crippen LogP contribution is 2.26. The van der Waals surface area contributed by atoms with Crippen molar-refractivity contribution in [2.45, 2.75) is 57.7 Å². The Morgan fingerprint density at radius 3 is 2.74 bits per heavy atom. The Kier molecular flexibility index (Phi) is 6.99. The minimum Gasteiger partial charge on any atom is -0.307 e. The van der Waals surface area contributed by atoms with Crippen molar-refractivity contribution in [2.75, 3.05) is 25.0 Å². The largest absolute Gasteiger partial charge is 0.307 e. The third-order valence-electron chi connectivity index (χ3n) is 6.20. The van der Waals surface area contributed by atoms with Crippen LogP contribution in [0, 0.1) is 11.7 Å². The summed E-state index contributed by atoms with van der Waals surface area (Å²) in [6, 6.07) is 8.82. The molecule has 1 amide bonds. The van der Waals surface area contributed by atoms with Gasteiger partial charge in [-0.25, -0.2) is 9.07 Å². The molecule has 2 atom stereocenters. The van der Waals surface area contributed by atoms with Gasteiger partial charge in [0.05, 0.1) is 12.2 Å². The molecule has 2 saturated heterocycles. The number of nitrogens with zero attached hydrogens (tertiary/aromatic N) is 3. The summed E-state index contributed by atoms with van der Waals surface area (Å²) in [7, 11) is 0. The topological polar surface area (TPSA) is 74.2 Å². The van der Waals surface area contributed by atoms with E-state index in [1.807, 2.05) is 4.68 Å². The summed E-state index contributed by atoms with van der Waals surface area (Å²) in [4.78, 5) is 15.0. The van der Waals surface area contributed by atoms with E-state index in [-0.39, 0.29) is 11.9 Å². The monoisotopic (exact) mass is 428 g/mol.